The second kappa shape index (κ2) is 9.96. The van der Waals surface area contributed by atoms with Gasteiger partial charge in [-0.25, -0.2) is 4.79 Å². The minimum Gasteiger partial charge on any atom is -0.494 e. The lowest BCUT2D eigenvalue weighted by Crippen LogP contribution is -1.94. The number of rotatable bonds is 6. The lowest BCUT2D eigenvalue weighted by molar-refractivity contribution is 0.0697. The van der Waals surface area contributed by atoms with Crippen LogP contribution in [-0.4, -0.2) is 17.7 Å². The summed E-state index contributed by atoms with van der Waals surface area (Å²) in [6, 6.07) is 22.8. The molecule has 3 heteroatoms. The van der Waals surface area contributed by atoms with E-state index in [1.165, 1.54) is 0 Å². The van der Waals surface area contributed by atoms with Crippen LogP contribution in [0.15, 0.2) is 78.9 Å². The largest absolute Gasteiger partial charge is 0.494 e. The Bertz CT molecular complexity index is 1050. The van der Waals surface area contributed by atoms with E-state index in [4.69, 9.17) is 9.84 Å². The van der Waals surface area contributed by atoms with Gasteiger partial charge in [-0.3, -0.25) is 0 Å². The van der Waals surface area contributed by atoms with Gasteiger partial charge in [0.15, 0.2) is 0 Å². The highest BCUT2D eigenvalue weighted by atomic mass is 16.5. The number of allylic oxidation sites excluding steroid dienone is 1. The van der Waals surface area contributed by atoms with E-state index >= 15 is 0 Å². The number of carboxylic acid groups (broad SMARTS) is 1. The van der Waals surface area contributed by atoms with Gasteiger partial charge in [-0.05, 0) is 71.7 Å². The van der Waals surface area contributed by atoms with Crippen molar-refractivity contribution in [2.45, 2.75) is 13.3 Å². The van der Waals surface area contributed by atoms with Crippen molar-refractivity contribution in [1.82, 2.24) is 0 Å². The predicted octanol–water partition coefficient (Wildman–Crippen LogP) is 5.91. The molecular weight excluding hydrogens is 360 g/mol. The lowest BCUT2D eigenvalue weighted by atomic mass is 9.99. The van der Waals surface area contributed by atoms with E-state index in [2.05, 4.69) is 43.0 Å². The van der Waals surface area contributed by atoms with Crippen molar-refractivity contribution in [3.05, 3.63) is 95.6 Å². The molecule has 3 aromatic carbocycles. The highest BCUT2D eigenvalue weighted by Gasteiger charge is 2.03. The van der Waals surface area contributed by atoms with Gasteiger partial charge in [0.25, 0.3) is 0 Å². The fourth-order valence-corrected chi connectivity index (χ4v) is 2.81. The van der Waals surface area contributed by atoms with E-state index in [1.54, 1.807) is 24.3 Å². The molecule has 0 spiro atoms. The quantitative estimate of drug-likeness (QED) is 0.540. The molecule has 0 saturated heterocycles. The minimum atomic E-state index is -0.939. The summed E-state index contributed by atoms with van der Waals surface area (Å²) in [5.41, 5.74) is 4.34. The third kappa shape index (κ3) is 5.60. The summed E-state index contributed by atoms with van der Waals surface area (Å²) in [7, 11) is 0. The monoisotopic (exact) mass is 382 g/mol. The third-order valence-corrected chi connectivity index (χ3v) is 4.29. The van der Waals surface area contributed by atoms with Gasteiger partial charge in [-0.1, -0.05) is 55.2 Å². The molecule has 0 aromatic heterocycles. The van der Waals surface area contributed by atoms with E-state index in [9.17, 15) is 4.79 Å². The van der Waals surface area contributed by atoms with Gasteiger partial charge >= 0.3 is 5.97 Å². The van der Waals surface area contributed by atoms with Crippen LogP contribution in [0.2, 0.25) is 0 Å². The number of benzene rings is 3. The summed E-state index contributed by atoms with van der Waals surface area (Å²) in [6.45, 7) is 2.81. The average Bonchev–Trinajstić information content (AvgIpc) is 2.76. The molecule has 3 rings (SSSR count). The van der Waals surface area contributed by atoms with Gasteiger partial charge < -0.3 is 9.84 Å². The summed E-state index contributed by atoms with van der Waals surface area (Å²) in [4.78, 5) is 10.9. The molecule has 0 heterocycles. The molecule has 3 aromatic rings. The van der Waals surface area contributed by atoms with E-state index in [0.717, 1.165) is 41.0 Å². The first-order chi connectivity index (χ1) is 14.2. The van der Waals surface area contributed by atoms with Crippen molar-refractivity contribution in [2.24, 2.45) is 0 Å². The number of carboxylic acids is 1. The highest BCUT2D eigenvalue weighted by Crippen LogP contribution is 2.26. The summed E-state index contributed by atoms with van der Waals surface area (Å²) in [5.74, 6) is 5.97. The number of hydrogen-bond acceptors (Lipinski definition) is 2. The number of carbonyl (C=O) groups is 1. The zero-order chi connectivity index (χ0) is 20.5. The first-order valence-corrected chi connectivity index (χ1v) is 9.51. The first-order valence-electron chi connectivity index (χ1n) is 9.51. The minimum absolute atomic E-state index is 0.256. The van der Waals surface area contributed by atoms with Crippen molar-refractivity contribution in [3.63, 3.8) is 0 Å². The molecule has 29 heavy (non-hydrogen) atoms. The van der Waals surface area contributed by atoms with Gasteiger partial charge in [0.05, 0.1) is 12.2 Å². The molecule has 0 bridgehead atoms. The zero-order valence-corrected chi connectivity index (χ0v) is 16.3. The van der Waals surface area contributed by atoms with Crippen molar-refractivity contribution in [3.8, 4) is 28.7 Å². The molecule has 0 radical (unpaired) electrons. The Labute approximate surface area is 171 Å². The van der Waals surface area contributed by atoms with Gasteiger partial charge in [0.2, 0.25) is 0 Å². The van der Waals surface area contributed by atoms with Crippen molar-refractivity contribution in [2.75, 3.05) is 6.61 Å². The Morgan fingerprint density at radius 2 is 1.72 bits per heavy atom. The van der Waals surface area contributed by atoms with Crippen LogP contribution >= 0.6 is 0 Å². The molecule has 0 aliphatic rings. The third-order valence-electron chi connectivity index (χ3n) is 4.29. The van der Waals surface area contributed by atoms with E-state index in [0.29, 0.717) is 0 Å². The summed E-state index contributed by atoms with van der Waals surface area (Å²) < 4.78 is 5.65. The van der Waals surface area contributed by atoms with Gasteiger partial charge in [-0.15, -0.1) is 0 Å². The van der Waals surface area contributed by atoms with Gasteiger partial charge in [-0.2, -0.15) is 0 Å². The van der Waals surface area contributed by atoms with Crippen LogP contribution in [0.1, 0.15) is 34.8 Å². The lowest BCUT2D eigenvalue weighted by Gasteiger charge is -2.08. The second-order valence-corrected chi connectivity index (χ2v) is 6.45. The van der Waals surface area contributed by atoms with Crippen LogP contribution < -0.4 is 4.74 Å². The number of hydrogen-bond donors (Lipinski definition) is 1. The summed E-state index contributed by atoms with van der Waals surface area (Å²) in [5, 5.41) is 8.93. The molecule has 0 saturated carbocycles. The Morgan fingerprint density at radius 1 is 1.00 bits per heavy atom. The van der Waals surface area contributed by atoms with Crippen LogP contribution in [0, 0.1) is 11.8 Å². The molecule has 0 aliphatic heterocycles. The van der Waals surface area contributed by atoms with Gasteiger partial charge in [0.1, 0.15) is 5.75 Å². The Morgan fingerprint density at radius 3 is 2.41 bits per heavy atom. The number of aromatic carboxylic acids is 1. The molecule has 1 N–H and O–H groups in total. The van der Waals surface area contributed by atoms with Crippen LogP contribution in [0.3, 0.4) is 0 Å². The Balaban J connectivity index is 1.75. The fourth-order valence-electron chi connectivity index (χ4n) is 2.81. The highest BCUT2D eigenvalue weighted by molar-refractivity contribution is 5.87. The molecule has 144 valence electrons. The van der Waals surface area contributed by atoms with E-state index in [-0.39, 0.29) is 5.56 Å². The van der Waals surface area contributed by atoms with Crippen molar-refractivity contribution in [1.29, 1.82) is 0 Å². The smallest absolute Gasteiger partial charge is 0.335 e. The van der Waals surface area contributed by atoms with Crippen LogP contribution in [0.5, 0.6) is 5.75 Å². The van der Waals surface area contributed by atoms with Crippen LogP contribution in [0.4, 0.5) is 0 Å². The Kier molecular flexibility index (Phi) is 6.86. The van der Waals surface area contributed by atoms with Crippen molar-refractivity contribution < 1.29 is 14.6 Å². The maximum Gasteiger partial charge on any atom is 0.335 e. The Hall–Kier alpha value is -3.77. The first kappa shape index (κ1) is 20.0. The molecule has 3 nitrogen and oxygen atoms in total. The van der Waals surface area contributed by atoms with Gasteiger partial charge in [0, 0.05) is 5.56 Å². The maximum absolute atomic E-state index is 10.9. The normalized spacial score (nSPS) is 10.4. The molecule has 0 amide bonds. The molecule has 0 unspecified atom stereocenters. The van der Waals surface area contributed by atoms with Crippen molar-refractivity contribution >= 4 is 12.0 Å². The maximum atomic E-state index is 10.9. The average molecular weight is 382 g/mol. The van der Waals surface area contributed by atoms with Crippen LogP contribution in [0.25, 0.3) is 17.2 Å². The summed E-state index contributed by atoms with van der Waals surface area (Å²) >= 11 is 0. The molecule has 0 atom stereocenters. The molecule has 0 fully saturated rings. The van der Waals surface area contributed by atoms with E-state index < -0.39 is 5.97 Å². The standard InChI is InChI=1S/C26H22O3/c1-2-19-29-24-17-15-22(16-18-24)25-10-6-5-9-21(25)8-4-3-7-20-11-13-23(14-12-20)26(27)28/h4-6,8-18H,2,19H2,1H3,(H,27,28)/b8-4+. The zero-order valence-electron chi connectivity index (χ0n) is 16.3. The molecular formula is C26H22O3. The SMILES string of the molecule is CCCOc1ccc(-c2ccccc2/C=C/C#Cc2ccc(C(=O)O)cc2)cc1. The topological polar surface area (TPSA) is 46.5 Å². The summed E-state index contributed by atoms with van der Waals surface area (Å²) in [6.07, 6.45) is 4.78. The van der Waals surface area contributed by atoms with Crippen LogP contribution in [-0.2, 0) is 0 Å². The van der Waals surface area contributed by atoms with E-state index in [1.807, 2.05) is 36.4 Å². The second-order valence-electron chi connectivity index (χ2n) is 6.45. The molecule has 0 aliphatic carbocycles. The predicted molar refractivity (Wildman–Crippen MR) is 117 cm³/mol. The fraction of sp³-hybridized carbons (Fsp3) is 0.115. The number of ether oxygens (including phenoxy) is 1.